The Hall–Kier alpha value is -3.45. The van der Waals surface area contributed by atoms with E-state index in [0.717, 1.165) is 4.90 Å². The van der Waals surface area contributed by atoms with Crippen LogP contribution in [-0.2, 0) is 4.79 Å². The zero-order valence-corrected chi connectivity index (χ0v) is 15.3. The molecule has 3 aromatic rings. The van der Waals surface area contributed by atoms with Crippen LogP contribution in [0.15, 0.2) is 74.8 Å². The van der Waals surface area contributed by atoms with Gasteiger partial charge in [-0.3, -0.25) is 19.3 Å². The predicted octanol–water partition coefficient (Wildman–Crippen LogP) is 3.71. The Balaban J connectivity index is 1.61. The number of nitrogens with zero attached hydrogens (tertiary/aromatic N) is 1. The summed E-state index contributed by atoms with van der Waals surface area (Å²) < 4.78 is 5.24. The number of para-hydroxylation sites is 1. The summed E-state index contributed by atoms with van der Waals surface area (Å²) in [4.78, 5) is 50.3. The third-order valence-electron chi connectivity index (χ3n) is 4.23. The van der Waals surface area contributed by atoms with Gasteiger partial charge in [-0.15, -0.1) is 0 Å². The van der Waals surface area contributed by atoms with Gasteiger partial charge in [0.2, 0.25) is 0 Å². The van der Waals surface area contributed by atoms with Gasteiger partial charge in [0.05, 0.1) is 17.0 Å². The van der Waals surface area contributed by atoms with Crippen molar-refractivity contribution in [3.05, 3.63) is 87.1 Å². The molecule has 0 atom stereocenters. The van der Waals surface area contributed by atoms with Gasteiger partial charge in [-0.25, -0.2) is 4.79 Å². The minimum atomic E-state index is -0.606. The second kappa shape index (κ2) is 7.28. The first-order chi connectivity index (χ1) is 13.5. The maximum absolute atomic E-state index is 12.6. The van der Waals surface area contributed by atoms with Crippen LogP contribution >= 0.6 is 11.8 Å². The van der Waals surface area contributed by atoms with Crippen LogP contribution in [0.2, 0.25) is 0 Å². The van der Waals surface area contributed by atoms with E-state index in [1.54, 1.807) is 60.7 Å². The summed E-state index contributed by atoms with van der Waals surface area (Å²) >= 11 is 0.694. The number of amides is 2. The lowest BCUT2D eigenvalue weighted by molar-refractivity contribution is -0.122. The lowest BCUT2D eigenvalue weighted by atomic mass is 10.1. The molecule has 1 saturated heterocycles. The van der Waals surface area contributed by atoms with E-state index >= 15 is 0 Å². The molecule has 7 heteroatoms. The second-order valence-electron chi connectivity index (χ2n) is 6.08. The van der Waals surface area contributed by atoms with Gasteiger partial charge < -0.3 is 4.42 Å². The molecule has 1 aliphatic heterocycles. The number of rotatable bonds is 4. The van der Waals surface area contributed by atoms with E-state index in [2.05, 4.69) is 0 Å². The molecule has 0 N–H and O–H groups in total. The van der Waals surface area contributed by atoms with E-state index in [9.17, 15) is 19.2 Å². The standard InChI is InChI=1S/C21H13NO5S/c23-16(13-6-2-1-3-7-13)12-22-19(24)18(28-21(22)26)11-15-10-14-8-4-5-9-17(14)27-20(15)25/h1-11H,12H2. The van der Waals surface area contributed by atoms with Gasteiger partial charge in [0.25, 0.3) is 11.1 Å². The maximum atomic E-state index is 12.6. The minimum Gasteiger partial charge on any atom is -0.422 e. The number of benzene rings is 2. The normalized spacial score (nSPS) is 15.6. The van der Waals surface area contributed by atoms with Crippen molar-refractivity contribution in [2.24, 2.45) is 0 Å². The average Bonchev–Trinajstić information content (AvgIpc) is 2.96. The summed E-state index contributed by atoms with van der Waals surface area (Å²) in [7, 11) is 0. The Morgan fingerprint density at radius 2 is 1.71 bits per heavy atom. The number of hydrogen-bond donors (Lipinski definition) is 0. The number of imide groups is 1. The Kier molecular flexibility index (Phi) is 4.67. The van der Waals surface area contributed by atoms with Gasteiger partial charge in [0, 0.05) is 10.9 Å². The number of carbonyl (C=O) groups is 3. The van der Waals surface area contributed by atoms with Gasteiger partial charge in [-0.05, 0) is 30.0 Å². The van der Waals surface area contributed by atoms with Crippen molar-refractivity contribution in [2.75, 3.05) is 6.54 Å². The maximum Gasteiger partial charge on any atom is 0.343 e. The summed E-state index contributed by atoms with van der Waals surface area (Å²) in [6.07, 6.45) is 1.33. The SMILES string of the molecule is O=C(CN1C(=O)SC(=Cc2cc3ccccc3oc2=O)C1=O)c1ccccc1. The number of Topliss-reactive ketones (excluding diaryl/α,β-unsaturated/α-hetero) is 1. The van der Waals surface area contributed by atoms with E-state index in [1.165, 1.54) is 6.08 Å². The largest absolute Gasteiger partial charge is 0.422 e. The Bertz CT molecular complexity index is 1200. The van der Waals surface area contributed by atoms with Gasteiger partial charge in [0.1, 0.15) is 5.58 Å². The topological polar surface area (TPSA) is 84.7 Å². The van der Waals surface area contributed by atoms with E-state index < -0.39 is 16.8 Å². The van der Waals surface area contributed by atoms with Crippen molar-refractivity contribution >= 4 is 45.7 Å². The molecule has 2 aromatic carbocycles. The first-order valence-corrected chi connectivity index (χ1v) is 9.21. The molecule has 0 saturated carbocycles. The molecular formula is C21H13NO5S. The molecule has 0 spiro atoms. The van der Waals surface area contributed by atoms with Crippen LogP contribution in [0.1, 0.15) is 15.9 Å². The fraction of sp³-hybridized carbons (Fsp3) is 0.0476. The van der Waals surface area contributed by atoms with E-state index in [4.69, 9.17) is 4.42 Å². The molecule has 0 unspecified atom stereocenters. The van der Waals surface area contributed by atoms with Crippen molar-refractivity contribution in [1.82, 2.24) is 4.90 Å². The monoisotopic (exact) mass is 391 g/mol. The second-order valence-corrected chi connectivity index (χ2v) is 7.08. The molecule has 138 valence electrons. The van der Waals surface area contributed by atoms with Gasteiger partial charge in [0.15, 0.2) is 5.78 Å². The fourth-order valence-electron chi connectivity index (χ4n) is 2.82. The lowest BCUT2D eigenvalue weighted by Gasteiger charge is -2.11. The number of carbonyl (C=O) groups excluding carboxylic acids is 3. The summed E-state index contributed by atoms with van der Waals surface area (Å²) in [5.74, 6) is -0.943. The first-order valence-electron chi connectivity index (χ1n) is 8.39. The minimum absolute atomic E-state index is 0.0773. The molecule has 0 radical (unpaired) electrons. The molecule has 1 aromatic heterocycles. The Morgan fingerprint density at radius 3 is 2.50 bits per heavy atom. The molecule has 1 fully saturated rings. The van der Waals surface area contributed by atoms with Crippen LogP contribution in [0.25, 0.3) is 17.0 Å². The molecule has 1 aliphatic rings. The van der Waals surface area contributed by atoms with Crippen LogP contribution < -0.4 is 5.63 Å². The fourth-order valence-corrected chi connectivity index (χ4v) is 3.64. The molecular weight excluding hydrogens is 378 g/mol. The van der Waals surface area contributed by atoms with Crippen LogP contribution in [0, 0.1) is 0 Å². The summed E-state index contributed by atoms with van der Waals surface area (Å²) in [5, 5.41) is 0.151. The smallest absolute Gasteiger partial charge is 0.343 e. The van der Waals surface area contributed by atoms with Crippen molar-refractivity contribution in [3.63, 3.8) is 0 Å². The third kappa shape index (κ3) is 3.39. The van der Waals surface area contributed by atoms with E-state index in [-0.39, 0.29) is 22.8 Å². The Morgan fingerprint density at radius 1 is 1.00 bits per heavy atom. The van der Waals surface area contributed by atoms with Gasteiger partial charge in [-0.1, -0.05) is 48.5 Å². The molecule has 0 bridgehead atoms. The number of hydrogen-bond acceptors (Lipinski definition) is 6. The zero-order valence-electron chi connectivity index (χ0n) is 14.5. The molecule has 6 nitrogen and oxygen atoms in total. The summed E-state index contributed by atoms with van der Waals surface area (Å²) in [5.41, 5.74) is 0.413. The number of thioether (sulfide) groups is 1. The van der Waals surface area contributed by atoms with Gasteiger partial charge in [-0.2, -0.15) is 0 Å². The average molecular weight is 391 g/mol. The third-order valence-corrected chi connectivity index (χ3v) is 5.13. The van der Waals surface area contributed by atoms with Crippen molar-refractivity contribution in [2.45, 2.75) is 0 Å². The highest BCUT2D eigenvalue weighted by molar-refractivity contribution is 8.18. The number of ketones is 1. The van der Waals surface area contributed by atoms with Crippen molar-refractivity contribution in [1.29, 1.82) is 0 Å². The molecule has 2 amide bonds. The van der Waals surface area contributed by atoms with Crippen LogP contribution in [0.3, 0.4) is 0 Å². The highest BCUT2D eigenvalue weighted by atomic mass is 32.2. The highest BCUT2D eigenvalue weighted by Gasteiger charge is 2.36. The van der Waals surface area contributed by atoms with Crippen LogP contribution in [-0.4, -0.2) is 28.4 Å². The molecule has 4 rings (SSSR count). The van der Waals surface area contributed by atoms with Crippen LogP contribution in [0.4, 0.5) is 4.79 Å². The summed E-state index contributed by atoms with van der Waals surface area (Å²) in [6.45, 7) is -0.349. The molecule has 2 heterocycles. The van der Waals surface area contributed by atoms with Crippen molar-refractivity contribution in [3.8, 4) is 0 Å². The van der Waals surface area contributed by atoms with E-state index in [1.807, 2.05) is 0 Å². The quantitative estimate of drug-likeness (QED) is 0.383. The van der Waals surface area contributed by atoms with Crippen molar-refractivity contribution < 1.29 is 18.8 Å². The predicted molar refractivity (Wildman–Crippen MR) is 106 cm³/mol. The zero-order chi connectivity index (χ0) is 19.7. The number of fused-ring (bicyclic) bond motifs is 1. The molecule has 0 aliphatic carbocycles. The highest BCUT2D eigenvalue weighted by Crippen LogP contribution is 2.32. The van der Waals surface area contributed by atoms with Crippen LogP contribution in [0.5, 0.6) is 0 Å². The lowest BCUT2D eigenvalue weighted by Crippen LogP contribution is -2.33. The molecule has 28 heavy (non-hydrogen) atoms. The van der Waals surface area contributed by atoms with E-state index in [0.29, 0.717) is 28.3 Å². The summed E-state index contributed by atoms with van der Waals surface area (Å²) in [6, 6.07) is 17.0. The van der Waals surface area contributed by atoms with Gasteiger partial charge >= 0.3 is 5.63 Å². The first kappa shape index (κ1) is 17.9. The Labute approximate surface area is 163 Å².